The number of phenolic OH excluding ortho intramolecular Hbond substituents is 1. The average molecular weight is 192 g/mol. The number of fused-ring (bicyclic) bond motifs is 1. The summed E-state index contributed by atoms with van der Waals surface area (Å²) in [4.78, 5) is 0. The normalized spacial score (nSPS) is 13.3. The highest BCUT2D eigenvalue weighted by Crippen LogP contribution is 2.29. The third-order valence-corrected chi connectivity index (χ3v) is 2.39. The number of benzene rings is 1. The lowest BCUT2D eigenvalue weighted by Crippen LogP contribution is -1.96. The second-order valence-corrected chi connectivity index (χ2v) is 3.46. The van der Waals surface area contributed by atoms with Crippen molar-refractivity contribution in [2.24, 2.45) is 0 Å². The highest BCUT2D eigenvalue weighted by atomic mass is 16.3. The molecule has 0 spiro atoms. The van der Waals surface area contributed by atoms with E-state index in [-0.39, 0.29) is 18.3 Å². The summed E-state index contributed by atoms with van der Waals surface area (Å²) in [6.07, 6.45) is 1.63. The van der Waals surface area contributed by atoms with Gasteiger partial charge >= 0.3 is 0 Å². The maximum absolute atomic E-state index is 9.32. The van der Waals surface area contributed by atoms with E-state index < -0.39 is 0 Å². The molecule has 14 heavy (non-hydrogen) atoms. The SMILES string of the molecule is CC(CO)c1coc2ccc(O)cc12. The zero-order chi connectivity index (χ0) is 10.1. The number of furan rings is 1. The van der Waals surface area contributed by atoms with Crippen LogP contribution in [0.4, 0.5) is 0 Å². The molecule has 2 rings (SSSR count). The number of aromatic hydroxyl groups is 1. The minimum Gasteiger partial charge on any atom is -0.508 e. The summed E-state index contributed by atoms with van der Waals surface area (Å²) in [6, 6.07) is 4.96. The molecule has 1 unspecified atom stereocenters. The van der Waals surface area contributed by atoms with Crippen LogP contribution < -0.4 is 0 Å². The molecule has 3 heteroatoms. The van der Waals surface area contributed by atoms with Gasteiger partial charge in [0.25, 0.3) is 0 Å². The van der Waals surface area contributed by atoms with Gasteiger partial charge in [0.1, 0.15) is 11.3 Å². The summed E-state index contributed by atoms with van der Waals surface area (Å²) in [5.74, 6) is 0.239. The van der Waals surface area contributed by atoms with Crippen molar-refractivity contribution in [2.75, 3.05) is 6.61 Å². The van der Waals surface area contributed by atoms with Gasteiger partial charge < -0.3 is 14.6 Å². The molecule has 1 atom stereocenters. The number of hydrogen-bond donors (Lipinski definition) is 2. The molecule has 0 saturated heterocycles. The van der Waals surface area contributed by atoms with E-state index >= 15 is 0 Å². The van der Waals surface area contributed by atoms with Crippen LogP contribution in [0.3, 0.4) is 0 Å². The summed E-state index contributed by atoms with van der Waals surface area (Å²) in [5, 5.41) is 19.2. The summed E-state index contributed by atoms with van der Waals surface area (Å²) in [7, 11) is 0. The maximum Gasteiger partial charge on any atom is 0.134 e. The third-order valence-electron chi connectivity index (χ3n) is 2.39. The summed E-state index contributed by atoms with van der Waals surface area (Å²) in [6.45, 7) is 1.98. The van der Waals surface area contributed by atoms with Crippen LogP contribution in [0.1, 0.15) is 18.4 Å². The van der Waals surface area contributed by atoms with Gasteiger partial charge in [-0.15, -0.1) is 0 Å². The fourth-order valence-electron chi connectivity index (χ4n) is 1.52. The van der Waals surface area contributed by atoms with Crippen LogP contribution in [0, 0.1) is 0 Å². The first-order valence-corrected chi connectivity index (χ1v) is 4.53. The van der Waals surface area contributed by atoms with Crippen molar-refractivity contribution in [3.05, 3.63) is 30.0 Å². The van der Waals surface area contributed by atoms with Crippen LogP contribution in [0.25, 0.3) is 11.0 Å². The van der Waals surface area contributed by atoms with Crippen LogP contribution >= 0.6 is 0 Å². The van der Waals surface area contributed by atoms with E-state index in [4.69, 9.17) is 9.52 Å². The van der Waals surface area contributed by atoms with Gasteiger partial charge in [0, 0.05) is 23.5 Å². The molecule has 1 aromatic carbocycles. The van der Waals surface area contributed by atoms with E-state index in [9.17, 15) is 5.11 Å². The Bertz CT molecular complexity index is 445. The monoisotopic (exact) mass is 192 g/mol. The summed E-state index contributed by atoms with van der Waals surface area (Å²) < 4.78 is 5.30. The van der Waals surface area contributed by atoms with Crippen molar-refractivity contribution in [1.29, 1.82) is 0 Å². The minimum atomic E-state index is 0.0260. The lowest BCUT2D eigenvalue weighted by Gasteiger charge is -2.04. The number of rotatable bonds is 2. The Morgan fingerprint density at radius 1 is 1.43 bits per heavy atom. The zero-order valence-corrected chi connectivity index (χ0v) is 7.90. The van der Waals surface area contributed by atoms with Gasteiger partial charge in [-0.2, -0.15) is 0 Å². The largest absolute Gasteiger partial charge is 0.508 e. The van der Waals surface area contributed by atoms with Crippen LogP contribution in [0.5, 0.6) is 5.75 Å². The first-order chi connectivity index (χ1) is 6.72. The highest BCUT2D eigenvalue weighted by molar-refractivity contribution is 5.83. The number of aliphatic hydroxyl groups excluding tert-OH is 1. The fourth-order valence-corrected chi connectivity index (χ4v) is 1.52. The van der Waals surface area contributed by atoms with Crippen LogP contribution in [-0.2, 0) is 0 Å². The van der Waals surface area contributed by atoms with Gasteiger partial charge in [-0.25, -0.2) is 0 Å². The van der Waals surface area contributed by atoms with Gasteiger partial charge in [-0.1, -0.05) is 6.92 Å². The molecule has 0 aliphatic rings. The predicted octanol–water partition coefficient (Wildman–Crippen LogP) is 2.23. The van der Waals surface area contributed by atoms with E-state index in [1.54, 1.807) is 24.5 Å². The molecule has 0 bridgehead atoms. The summed E-state index contributed by atoms with van der Waals surface area (Å²) in [5.41, 5.74) is 1.66. The lowest BCUT2D eigenvalue weighted by atomic mass is 10.0. The molecule has 1 aromatic heterocycles. The van der Waals surface area contributed by atoms with Crippen LogP contribution in [0.2, 0.25) is 0 Å². The number of aliphatic hydroxyl groups is 1. The van der Waals surface area contributed by atoms with Crippen molar-refractivity contribution in [3.8, 4) is 5.75 Å². The molecule has 2 N–H and O–H groups in total. The first kappa shape index (κ1) is 9.09. The molecule has 74 valence electrons. The molecular weight excluding hydrogens is 180 g/mol. The van der Waals surface area contributed by atoms with Crippen LogP contribution in [0.15, 0.2) is 28.9 Å². The van der Waals surface area contributed by atoms with Gasteiger partial charge in [-0.05, 0) is 18.2 Å². The molecule has 3 nitrogen and oxygen atoms in total. The molecule has 0 fully saturated rings. The van der Waals surface area contributed by atoms with Crippen molar-refractivity contribution >= 4 is 11.0 Å². The smallest absolute Gasteiger partial charge is 0.134 e. The Morgan fingerprint density at radius 2 is 2.21 bits per heavy atom. The van der Waals surface area contributed by atoms with Crippen molar-refractivity contribution in [1.82, 2.24) is 0 Å². The highest BCUT2D eigenvalue weighted by Gasteiger charge is 2.12. The maximum atomic E-state index is 9.32. The standard InChI is InChI=1S/C11H12O3/c1-7(5-12)10-6-14-11-3-2-8(13)4-9(10)11/h2-4,6-7,12-13H,5H2,1H3. The fraction of sp³-hybridized carbons (Fsp3) is 0.273. The molecule has 0 amide bonds. The van der Waals surface area contributed by atoms with Gasteiger partial charge in [0.05, 0.1) is 6.26 Å². The molecule has 1 heterocycles. The topological polar surface area (TPSA) is 53.6 Å². The number of hydrogen-bond acceptors (Lipinski definition) is 3. The second-order valence-electron chi connectivity index (χ2n) is 3.46. The van der Waals surface area contributed by atoms with Gasteiger partial charge in [0.15, 0.2) is 0 Å². The van der Waals surface area contributed by atoms with E-state index in [0.29, 0.717) is 0 Å². The zero-order valence-electron chi connectivity index (χ0n) is 7.90. The Morgan fingerprint density at radius 3 is 2.93 bits per heavy atom. The molecule has 0 aliphatic heterocycles. The Kier molecular flexibility index (Phi) is 2.17. The molecular formula is C11H12O3. The Labute approximate surface area is 81.6 Å². The molecule has 0 aliphatic carbocycles. The van der Waals surface area contributed by atoms with Crippen molar-refractivity contribution in [3.63, 3.8) is 0 Å². The second kappa shape index (κ2) is 3.35. The average Bonchev–Trinajstić information content (AvgIpc) is 2.59. The molecule has 2 aromatic rings. The van der Waals surface area contributed by atoms with E-state index in [0.717, 1.165) is 16.5 Å². The van der Waals surface area contributed by atoms with Crippen molar-refractivity contribution < 1.29 is 14.6 Å². The Hall–Kier alpha value is -1.48. The van der Waals surface area contributed by atoms with E-state index in [1.165, 1.54) is 0 Å². The molecule has 0 radical (unpaired) electrons. The van der Waals surface area contributed by atoms with E-state index in [1.807, 2.05) is 6.92 Å². The van der Waals surface area contributed by atoms with Crippen molar-refractivity contribution in [2.45, 2.75) is 12.8 Å². The quantitative estimate of drug-likeness (QED) is 0.767. The Balaban J connectivity index is 2.61. The minimum absolute atomic E-state index is 0.0260. The third kappa shape index (κ3) is 1.36. The molecule has 0 saturated carbocycles. The van der Waals surface area contributed by atoms with Crippen LogP contribution in [-0.4, -0.2) is 16.8 Å². The van der Waals surface area contributed by atoms with Gasteiger partial charge in [-0.3, -0.25) is 0 Å². The lowest BCUT2D eigenvalue weighted by molar-refractivity contribution is 0.273. The predicted molar refractivity (Wildman–Crippen MR) is 53.4 cm³/mol. The summed E-state index contributed by atoms with van der Waals surface area (Å²) >= 11 is 0. The first-order valence-electron chi connectivity index (χ1n) is 4.53. The number of phenols is 1. The van der Waals surface area contributed by atoms with Gasteiger partial charge in [0.2, 0.25) is 0 Å². The van der Waals surface area contributed by atoms with E-state index in [2.05, 4.69) is 0 Å².